The number of rotatable bonds is 7. The van der Waals surface area contributed by atoms with Gasteiger partial charge in [-0.15, -0.1) is 0 Å². The fourth-order valence-corrected chi connectivity index (χ4v) is 2.22. The molecule has 0 saturated carbocycles. The van der Waals surface area contributed by atoms with Crippen molar-refractivity contribution >= 4 is 0 Å². The molecule has 0 radical (unpaired) electrons. The summed E-state index contributed by atoms with van der Waals surface area (Å²) in [6.07, 6.45) is 1.23. The number of hydrogen-bond acceptors (Lipinski definition) is 3. The van der Waals surface area contributed by atoms with E-state index in [-0.39, 0.29) is 0 Å². The molecule has 3 nitrogen and oxygen atoms in total. The molecule has 15 heavy (non-hydrogen) atoms. The molecule has 1 aliphatic heterocycles. The van der Waals surface area contributed by atoms with Crippen molar-refractivity contribution in [2.24, 2.45) is 5.92 Å². The molecule has 0 aliphatic carbocycles. The highest BCUT2D eigenvalue weighted by molar-refractivity contribution is 4.71. The van der Waals surface area contributed by atoms with E-state index in [2.05, 4.69) is 31.0 Å². The maximum atomic E-state index is 5.35. The molecule has 1 heterocycles. The lowest BCUT2D eigenvalue weighted by molar-refractivity contribution is 0.183. The zero-order valence-corrected chi connectivity index (χ0v) is 10.5. The molecule has 0 amide bonds. The minimum absolute atomic E-state index is 0.641. The van der Waals surface area contributed by atoms with Gasteiger partial charge in [-0.1, -0.05) is 13.8 Å². The van der Waals surface area contributed by atoms with Crippen LogP contribution in [-0.4, -0.2) is 50.3 Å². The van der Waals surface area contributed by atoms with E-state index in [9.17, 15) is 0 Å². The molecule has 90 valence electrons. The lowest BCUT2D eigenvalue weighted by Crippen LogP contribution is -2.41. The predicted molar refractivity (Wildman–Crippen MR) is 64.2 cm³/mol. The molecule has 2 atom stereocenters. The van der Waals surface area contributed by atoms with Gasteiger partial charge in [-0.2, -0.15) is 0 Å². The number of ether oxygens (including phenoxy) is 1. The van der Waals surface area contributed by atoms with E-state index in [1.807, 2.05) is 0 Å². The van der Waals surface area contributed by atoms with Crippen molar-refractivity contribution in [2.75, 3.05) is 39.4 Å². The van der Waals surface area contributed by atoms with E-state index in [0.29, 0.717) is 6.04 Å². The Hall–Kier alpha value is -0.120. The summed E-state index contributed by atoms with van der Waals surface area (Å²) >= 11 is 0. The highest BCUT2D eigenvalue weighted by atomic mass is 16.5. The zero-order valence-electron chi connectivity index (χ0n) is 10.5. The van der Waals surface area contributed by atoms with Gasteiger partial charge in [-0.05, 0) is 32.4 Å². The second-order valence-corrected chi connectivity index (χ2v) is 4.46. The molecular formula is C12H26N2O. The first-order valence-corrected chi connectivity index (χ1v) is 6.30. The van der Waals surface area contributed by atoms with Crippen molar-refractivity contribution in [1.82, 2.24) is 10.2 Å². The average Bonchev–Trinajstić information content (AvgIpc) is 2.72. The van der Waals surface area contributed by atoms with Gasteiger partial charge in [0.05, 0.1) is 6.61 Å². The van der Waals surface area contributed by atoms with Crippen LogP contribution in [-0.2, 0) is 4.74 Å². The van der Waals surface area contributed by atoms with E-state index in [1.54, 1.807) is 0 Å². The topological polar surface area (TPSA) is 24.5 Å². The quantitative estimate of drug-likeness (QED) is 0.692. The average molecular weight is 214 g/mol. The van der Waals surface area contributed by atoms with E-state index < -0.39 is 0 Å². The van der Waals surface area contributed by atoms with Crippen LogP contribution in [0.4, 0.5) is 0 Å². The molecular weight excluding hydrogens is 188 g/mol. The first-order valence-electron chi connectivity index (χ1n) is 6.30. The summed E-state index contributed by atoms with van der Waals surface area (Å²) in [6, 6.07) is 0.641. The molecule has 1 aliphatic rings. The molecule has 0 aromatic rings. The van der Waals surface area contributed by atoms with Gasteiger partial charge in [-0.3, -0.25) is 4.90 Å². The maximum Gasteiger partial charge on any atom is 0.0507 e. The Kier molecular flexibility index (Phi) is 6.22. The largest absolute Gasteiger partial charge is 0.381 e. The van der Waals surface area contributed by atoms with Crippen molar-refractivity contribution in [3.8, 4) is 0 Å². The van der Waals surface area contributed by atoms with E-state index in [1.165, 1.54) is 6.42 Å². The summed E-state index contributed by atoms with van der Waals surface area (Å²) in [6.45, 7) is 13.2. The SMILES string of the molecule is CCN(CC)C(C)CNCC1CCOC1. The Morgan fingerprint density at radius 2 is 2.13 bits per heavy atom. The Morgan fingerprint density at radius 3 is 2.67 bits per heavy atom. The maximum absolute atomic E-state index is 5.35. The standard InChI is InChI=1S/C12H26N2O/c1-4-14(5-2)11(3)8-13-9-12-6-7-15-10-12/h11-13H,4-10H2,1-3H3. The fourth-order valence-electron chi connectivity index (χ4n) is 2.22. The molecule has 0 aromatic carbocycles. The van der Waals surface area contributed by atoms with Crippen LogP contribution in [0.15, 0.2) is 0 Å². The van der Waals surface area contributed by atoms with Gasteiger partial charge in [0.25, 0.3) is 0 Å². The van der Waals surface area contributed by atoms with Crippen LogP contribution in [0.3, 0.4) is 0 Å². The van der Waals surface area contributed by atoms with E-state index in [0.717, 1.165) is 45.3 Å². The molecule has 1 saturated heterocycles. The molecule has 0 aromatic heterocycles. The third kappa shape index (κ3) is 4.49. The lowest BCUT2D eigenvalue weighted by atomic mass is 10.1. The van der Waals surface area contributed by atoms with Gasteiger partial charge >= 0.3 is 0 Å². The Balaban J connectivity index is 2.07. The molecule has 0 spiro atoms. The molecule has 1 N–H and O–H groups in total. The molecule has 3 heteroatoms. The molecule has 2 unspecified atom stereocenters. The highest BCUT2D eigenvalue weighted by Crippen LogP contribution is 2.10. The van der Waals surface area contributed by atoms with E-state index in [4.69, 9.17) is 4.74 Å². The van der Waals surface area contributed by atoms with Crippen molar-refractivity contribution < 1.29 is 4.74 Å². The molecule has 1 rings (SSSR count). The van der Waals surface area contributed by atoms with Gasteiger partial charge < -0.3 is 10.1 Å². The van der Waals surface area contributed by atoms with Crippen LogP contribution >= 0.6 is 0 Å². The fraction of sp³-hybridized carbons (Fsp3) is 1.00. The van der Waals surface area contributed by atoms with Crippen molar-refractivity contribution in [3.05, 3.63) is 0 Å². The summed E-state index contributed by atoms with van der Waals surface area (Å²) in [5, 5.41) is 3.55. The van der Waals surface area contributed by atoms with Gasteiger partial charge in [0.1, 0.15) is 0 Å². The van der Waals surface area contributed by atoms with Crippen LogP contribution in [0.2, 0.25) is 0 Å². The van der Waals surface area contributed by atoms with Crippen molar-refractivity contribution in [3.63, 3.8) is 0 Å². The number of nitrogens with one attached hydrogen (secondary N) is 1. The Morgan fingerprint density at radius 1 is 1.40 bits per heavy atom. The highest BCUT2D eigenvalue weighted by Gasteiger charge is 2.16. The lowest BCUT2D eigenvalue weighted by Gasteiger charge is -2.26. The van der Waals surface area contributed by atoms with E-state index >= 15 is 0 Å². The number of hydrogen-bond donors (Lipinski definition) is 1. The van der Waals surface area contributed by atoms with Crippen LogP contribution in [0.25, 0.3) is 0 Å². The summed E-state index contributed by atoms with van der Waals surface area (Å²) in [5.74, 6) is 0.744. The zero-order chi connectivity index (χ0) is 11.1. The predicted octanol–water partition coefficient (Wildman–Crippen LogP) is 1.34. The number of nitrogens with zero attached hydrogens (tertiary/aromatic N) is 1. The minimum Gasteiger partial charge on any atom is -0.381 e. The van der Waals surface area contributed by atoms with Crippen molar-refractivity contribution in [1.29, 1.82) is 0 Å². The second kappa shape index (κ2) is 7.20. The summed E-state index contributed by atoms with van der Waals surface area (Å²) in [7, 11) is 0. The van der Waals surface area contributed by atoms with Crippen LogP contribution < -0.4 is 5.32 Å². The first kappa shape index (κ1) is 12.9. The summed E-state index contributed by atoms with van der Waals surface area (Å²) in [5.41, 5.74) is 0. The van der Waals surface area contributed by atoms with Gasteiger partial charge in [0.2, 0.25) is 0 Å². The number of likely N-dealkylation sites (N-methyl/N-ethyl adjacent to an activating group) is 1. The monoisotopic (exact) mass is 214 g/mol. The second-order valence-electron chi connectivity index (χ2n) is 4.46. The third-order valence-corrected chi connectivity index (χ3v) is 3.33. The smallest absolute Gasteiger partial charge is 0.0507 e. The van der Waals surface area contributed by atoms with Crippen LogP contribution in [0, 0.1) is 5.92 Å². The molecule has 0 bridgehead atoms. The van der Waals surface area contributed by atoms with Gasteiger partial charge in [0.15, 0.2) is 0 Å². The first-order chi connectivity index (χ1) is 7.27. The van der Waals surface area contributed by atoms with Gasteiger partial charge in [-0.25, -0.2) is 0 Å². The summed E-state index contributed by atoms with van der Waals surface area (Å²) < 4.78 is 5.35. The summed E-state index contributed by atoms with van der Waals surface area (Å²) in [4.78, 5) is 2.48. The Bertz CT molecular complexity index is 154. The van der Waals surface area contributed by atoms with Gasteiger partial charge in [0, 0.05) is 25.7 Å². The van der Waals surface area contributed by atoms with Crippen LogP contribution in [0.5, 0.6) is 0 Å². The minimum atomic E-state index is 0.641. The Labute approximate surface area is 94.2 Å². The van der Waals surface area contributed by atoms with Crippen LogP contribution in [0.1, 0.15) is 27.2 Å². The molecule has 1 fully saturated rings. The normalized spacial score (nSPS) is 23.6. The van der Waals surface area contributed by atoms with Crippen molar-refractivity contribution in [2.45, 2.75) is 33.2 Å². The third-order valence-electron chi connectivity index (χ3n) is 3.33.